The Morgan fingerprint density at radius 3 is 2.50 bits per heavy atom. The van der Waals surface area contributed by atoms with E-state index >= 15 is 0 Å². The Hall–Kier alpha value is -5.38. The van der Waals surface area contributed by atoms with Crippen LogP contribution in [0.4, 0.5) is 0 Å². The highest BCUT2D eigenvalue weighted by molar-refractivity contribution is 7.09. The maximum Gasteiger partial charge on any atom is 0.274 e. The zero-order chi connectivity index (χ0) is 35.4. The van der Waals surface area contributed by atoms with Gasteiger partial charge in [0.25, 0.3) is 23.6 Å². The van der Waals surface area contributed by atoms with Crippen molar-refractivity contribution >= 4 is 40.9 Å². The molecular formula is C34H39N9O6S. The van der Waals surface area contributed by atoms with Gasteiger partial charge in [-0.25, -0.2) is 9.97 Å². The summed E-state index contributed by atoms with van der Waals surface area (Å²) in [5.74, 6) is -1.50. The smallest absolute Gasteiger partial charge is 0.274 e. The van der Waals surface area contributed by atoms with Crippen LogP contribution in [0.3, 0.4) is 0 Å². The van der Waals surface area contributed by atoms with Gasteiger partial charge >= 0.3 is 0 Å². The zero-order valence-corrected chi connectivity index (χ0v) is 28.8. The molecule has 0 saturated heterocycles. The summed E-state index contributed by atoms with van der Waals surface area (Å²) in [6.07, 6.45) is 0.725. The second kappa shape index (κ2) is 15.0. The highest BCUT2D eigenvalue weighted by atomic mass is 32.1. The molecule has 16 heteroatoms. The van der Waals surface area contributed by atoms with E-state index in [9.17, 15) is 24.0 Å². The third-order valence-electron chi connectivity index (χ3n) is 8.55. The minimum Gasteiger partial charge on any atom is -0.443 e. The predicted octanol–water partition coefficient (Wildman–Crippen LogP) is 2.57. The molecule has 0 unspecified atom stereocenters. The molecule has 0 aliphatic carbocycles. The lowest BCUT2D eigenvalue weighted by Crippen LogP contribution is -2.40. The summed E-state index contributed by atoms with van der Waals surface area (Å²) < 4.78 is 7.51. The van der Waals surface area contributed by atoms with Gasteiger partial charge in [0.2, 0.25) is 11.8 Å². The second-order valence-electron chi connectivity index (χ2n) is 12.6. The fourth-order valence-corrected chi connectivity index (χ4v) is 6.91. The zero-order valence-electron chi connectivity index (χ0n) is 28.0. The first-order valence-electron chi connectivity index (χ1n) is 16.6. The molecular weight excluding hydrogens is 662 g/mol. The van der Waals surface area contributed by atoms with Gasteiger partial charge in [0.1, 0.15) is 28.2 Å². The third-order valence-corrected chi connectivity index (χ3v) is 9.47. The van der Waals surface area contributed by atoms with E-state index in [4.69, 9.17) is 4.42 Å². The van der Waals surface area contributed by atoms with E-state index in [1.54, 1.807) is 12.3 Å². The minimum absolute atomic E-state index is 0.0637. The van der Waals surface area contributed by atoms with Gasteiger partial charge in [-0.15, -0.1) is 11.3 Å². The van der Waals surface area contributed by atoms with Gasteiger partial charge in [-0.2, -0.15) is 5.10 Å². The van der Waals surface area contributed by atoms with E-state index in [2.05, 4.69) is 36.3 Å². The number of carbonyl (C=O) groups excluding carboxylic acids is 5. The van der Waals surface area contributed by atoms with E-state index < -0.39 is 29.8 Å². The summed E-state index contributed by atoms with van der Waals surface area (Å²) in [6.45, 7) is 6.78. The van der Waals surface area contributed by atoms with Crippen molar-refractivity contribution in [3.8, 4) is 0 Å². The Morgan fingerprint density at radius 1 is 0.980 bits per heavy atom. The molecule has 0 fully saturated rings. The molecule has 0 radical (unpaired) electrons. The normalized spacial score (nSPS) is 19.2. The van der Waals surface area contributed by atoms with Crippen LogP contribution < -0.4 is 21.3 Å². The molecule has 6 rings (SSSR count). The number of amides is 5. The summed E-state index contributed by atoms with van der Waals surface area (Å²) in [5, 5.41) is 18.1. The number of aryl methyl sites for hydroxylation is 1. The molecule has 2 atom stereocenters. The Balaban J connectivity index is 1.29. The highest BCUT2D eigenvalue weighted by Crippen LogP contribution is 2.27. The van der Waals surface area contributed by atoms with Crippen molar-refractivity contribution in [1.29, 1.82) is 0 Å². The second-order valence-corrected chi connectivity index (χ2v) is 13.5. The SMILES string of the molecule is Cc1oc2nc1C(=O)N[C@@H](C(C)C)c1nc(cs1)C(=O)NCCN(C(=O)c1cc3n(n1)CCNC3=O)CCCC(=O)N[C@H]2Cc1ccccc1. The van der Waals surface area contributed by atoms with Gasteiger partial charge in [0.15, 0.2) is 11.4 Å². The number of carbonyl (C=O) groups is 5. The molecule has 5 heterocycles. The van der Waals surface area contributed by atoms with E-state index in [0.717, 1.165) is 5.56 Å². The standard InChI is InChI=1S/C34H39N9O6S/c1-19(2)27-33-38-24(18-50-33)29(45)35-11-14-42(34(48)23-17-25-30(46)36-12-15-43(25)41-23)13-7-10-26(44)37-22(16-21-8-5-4-6-9-21)32-40-28(20(3)49-32)31(47)39-27/h4-6,8-9,17-19,22,27H,7,10-16H2,1-3H3,(H,35,45)(H,36,46)(H,37,44)(H,39,47)/t22-,27-/m0/s1. The fourth-order valence-electron chi connectivity index (χ4n) is 5.89. The number of rotatable bonds is 4. The molecule has 4 aromatic rings. The molecule has 15 nitrogen and oxygen atoms in total. The van der Waals surface area contributed by atoms with Crippen LogP contribution in [0, 0.1) is 12.8 Å². The van der Waals surface area contributed by atoms with Gasteiger partial charge < -0.3 is 30.6 Å². The third kappa shape index (κ3) is 7.75. The molecule has 4 bridgehead atoms. The number of benzene rings is 1. The van der Waals surface area contributed by atoms with Crippen LogP contribution in [0.2, 0.25) is 0 Å². The number of hydrogen-bond donors (Lipinski definition) is 4. The molecule has 0 saturated carbocycles. The summed E-state index contributed by atoms with van der Waals surface area (Å²) in [5.41, 5.74) is 1.61. The van der Waals surface area contributed by atoms with Gasteiger partial charge in [0, 0.05) is 50.5 Å². The molecule has 1 aromatic carbocycles. The maximum absolute atomic E-state index is 13.7. The summed E-state index contributed by atoms with van der Waals surface area (Å²) in [6, 6.07) is 9.83. The molecule has 2 aliphatic heterocycles. The van der Waals surface area contributed by atoms with E-state index in [1.165, 1.54) is 27.0 Å². The lowest BCUT2D eigenvalue weighted by Gasteiger charge is -2.22. The Labute approximate surface area is 292 Å². The molecule has 2 aliphatic rings. The number of aromatic nitrogens is 4. The maximum atomic E-state index is 13.7. The van der Waals surface area contributed by atoms with Crippen LogP contribution in [-0.4, -0.2) is 80.4 Å². The van der Waals surface area contributed by atoms with Gasteiger partial charge in [-0.1, -0.05) is 44.2 Å². The number of fused-ring (bicyclic) bond motifs is 5. The van der Waals surface area contributed by atoms with Crippen molar-refractivity contribution in [3.63, 3.8) is 0 Å². The predicted molar refractivity (Wildman–Crippen MR) is 181 cm³/mol. The van der Waals surface area contributed by atoms with Gasteiger partial charge in [-0.05, 0) is 24.8 Å². The van der Waals surface area contributed by atoms with Crippen molar-refractivity contribution < 1.29 is 28.4 Å². The van der Waals surface area contributed by atoms with Crippen LogP contribution in [0.1, 0.15) is 103 Å². The van der Waals surface area contributed by atoms with Crippen LogP contribution in [0.5, 0.6) is 0 Å². The van der Waals surface area contributed by atoms with Crippen LogP contribution in [-0.2, 0) is 17.8 Å². The lowest BCUT2D eigenvalue weighted by atomic mass is 10.0. The highest BCUT2D eigenvalue weighted by Gasteiger charge is 2.30. The quantitative estimate of drug-likeness (QED) is 0.248. The molecule has 5 amide bonds. The van der Waals surface area contributed by atoms with E-state index in [-0.39, 0.29) is 66.8 Å². The first-order chi connectivity index (χ1) is 24.1. The largest absolute Gasteiger partial charge is 0.443 e. The van der Waals surface area contributed by atoms with E-state index in [0.29, 0.717) is 42.4 Å². The van der Waals surface area contributed by atoms with E-state index in [1.807, 2.05) is 44.2 Å². The summed E-state index contributed by atoms with van der Waals surface area (Å²) in [4.78, 5) is 76.7. The number of oxazole rings is 1. The van der Waals surface area contributed by atoms with Crippen molar-refractivity contribution in [1.82, 2.24) is 45.9 Å². The van der Waals surface area contributed by atoms with Crippen molar-refractivity contribution in [2.75, 3.05) is 26.2 Å². The Kier molecular flexibility index (Phi) is 10.4. The van der Waals surface area contributed by atoms with Gasteiger partial charge in [-0.3, -0.25) is 28.7 Å². The molecule has 50 heavy (non-hydrogen) atoms. The Bertz CT molecular complexity index is 1900. The van der Waals surface area contributed by atoms with Gasteiger partial charge in [0.05, 0.1) is 12.6 Å². The average Bonchev–Trinajstić information content (AvgIpc) is 3.85. The molecule has 4 N–H and O–H groups in total. The van der Waals surface area contributed by atoms with Crippen LogP contribution in [0.15, 0.2) is 46.2 Å². The molecule has 262 valence electrons. The topological polar surface area (TPSA) is 193 Å². The lowest BCUT2D eigenvalue weighted by molar-refractivity contribution is -0.122. The molecule has 0 spiro atoms. The minimum atomic E-state index is -0.672. The monoisotopic (exact) mass is 701 g/mol. The Morgan fingerprint density at radius 2 is 1.74 bits per heavy atom. The van der Waals surface area contributed by atoms with Crippen molar-refractivity contribution in [2.24, 2.45) is 5.92 Å². The summed E-state index contributed by atoms with van der Waals surface area (Å²) in [7, 11) is 0. The van der Waals surface area contributed by atoms with Crippen LogP contribution >= 0.6 is 11.3 Å². The van der Waals surface area contributed by atoms with Crippen molar-refractivity contribution in [2.45, 2.75) is 58.7 Å². The first kappa shape index (κ1) is 34.5. The molecule has 3 aromatic heterocycles. The number of hydrogen-bond acceptors (Lipinski definition) is 10. The summed E-state index contributed by atoms with van der Waals surface area (Å²) >= 11 is 1.26. The first-order valence-corrected chi connectivity index (χ1v) is 17.5. The fraction of sp³-hybridized carbons (Fsp3) is 0.412. The number of nitrogens with one attached hydrogen (secondary N) is 4. The number of nitrogens with zero attached hydrogens (tertiary/aromatic N) is 5. The van der Waals surface area contributed by atoms with Crippen LogP contribution in [0.25, 0.3) is 0 Å². The average molecular weight is 702 g/mol. The number of thiazole rings is 1. The van der Waals surface area contributed by atoms with Crippen molar-refractivity contribution in [3.05, 3.63) is 86.8 Å².